The van der Waals surface area contributed by atoms with Crippen LogP contribution in [0.15, 0.2) is 30.3 Å². The van der Waals surface area contributed by atoms with Crippen LogP contribution in [0, 0.1) is 12.7 Å². The summed E-state index contributed by atoms with van der Waals surface area (Å²) in [6, 6.07) is 5.71. The highest BCUT2D eigenvalue weighted by Gasteiger charge is 2.28. The molecule has 1 heterocycles. The van der Waals surface area contributed by atoms with Crippen molar-refractivity contribution >= 4 is 22.1 Å². The zero-order valence-electron chi connectivity index (χ0n) is 18.6. The fourth-order valence-corrected chi connectivity index (χ4v) is 5.12. The van der Waals surface area contributed by atoms with Crippen molar-refractivity contribution in [1.29, 1.82) is 0 Å². The number of rotatable bonds is 10. The summed E-state index contributed by atoms with van der Waals surface area (Å²) in [5, 5.41) is 28.8. The Labute approximate surface area is 187 Å². The van der Waals surface area contributed by atoms with Gasteiger partial charge in [-0.1, -0.05) is 38.1 Å². The SMILES string of the molecule is CCS(=O)(=O)n1c(C)c(-c2ccc(F)cc2)c(/C=C/[C@@H](O)C[C@@H](O)CC(=O)O)c1C(C)C. The van der Waals surface area contributed by atoms with Crippen molar-refractivity contribution in [2.75, 3.05) is 5.75 Å². The van der Waals surface area contributed by atoms with Crippen LogP contribution in [0.3, 0.4) is 0 Å². The van der Waals surface area contributed by atoms with Crippen molar-refractivity contribution in [3.8, 4) is 11.1 Å². The molecular formula is C23H30FNO6S. The van der Waals surface area contributed by atoms with Gasteiger partial charge in [0.15, 0.2) is 0 Å². The lowest BCUT2D eigenvalue weighted by Crippen LogP contribution is -2.20. The summed E-state index contributed by atoms with van der Waals surface area (Å²) in [7, 11) is -3.65. The van der Waals surface area contributed by atoms with Crippen LogP contribution in [-0.4, -0.2) is 51.6 Å². The molecule has 0 amide bonds. The molecule has 1 aromatic heterocycles. The Morgan fingerprint density at radius 1 is 1.19 bits per heavy atom. The van der Waals surface area contributed by atoms with E-state index in [1.165, 1.54) is 22.2 Å². The molecule has 176 valence electrons. The van der Waals surface area contributed by atoms with Gasteiger partial charge >= 0.3 is 5.97 Å². The Balaban J connectivity index is 2.67. The molecule has 0 aliphatic heterocycles. The number of aromatic nitrogens is 1. The highest BCUT2D eigenvalue weighted by molar-refractivity contribution is 7.89. The average molecular weight is 468 g/mol. The highest BCUT2D eigenvalue weighted by Crippen LogP contribution is 2.38. The Hall–Kier alpha value is -2.49. The lowest BCUT2D eigenvalue weighted by atomic mass is 9.96. The van der Waals surface area contributed by atoms with Crippen LogP contribution in [-0.2, 0) is 14.8 Å². The first-order valence-corrected chi connectivity index (χ1v) is 12.0. The van der Waals surface area contributed by atoms with E-state index >= 15 is 0 Å². The number of aliphatic hydroxyl groups is 2. The lowest BCUT2D eigenvalue weighted by Gasteiger charge is -2.15. The number of nitrogens with zero attached hydrogens (tertiary/aromatic N) is 1. The fourth-order valence-electron chi connectivity index (χ4n) is 3.75. The van der Waals surface area contributed by atoms with E-state index in [1.807, 2.05) is 13.8 Å². The maximum absolute atomic E-state index is 13.5. The molecule has 7 nitrogen and oxygen atoms in total. The Morgan fingerprint density at radius 2 is 1.78 bits per heavy atom. The summed E-state index contributed by atoms with van der Waals surface area (Å²) in [5.74, 6) is -1.90. The molecule has 32 heavy (non-hydrogen) atoms. The van der Waals surface area contributed by atoms with Gasteiger partial charge in [-0.15, -0.1) is 0 Å². The molecule has 0 bridgehead atoms. The van der Waals surface area contributed by atoms with E-state index in [1.54, 1.807) is 32.1 Å². The van der Waals surface area contributed by atoms with E-state index < -0.39 is 40.4 Å². The minimum Gasteiger partial charge on any atom is -0.481 e. The topological polar surface area (TPSA) is 117 Å². The van der Waals surface area contributed by atoms with Crippen molar-refractivity contribution in [3.63, 3.8) is 0 Å². The summed E-state index contributed by atoms with van der Waals surface area (Å²) in [6.07, 6.45) is -0.0501. The number of aliphatic carboxylic acids is 1. The smallest absolute Gasteiger partial charge is 0.305 e. The van der Waals surface area contributed by atoms with Gasteiger partial charge in [-0.3, -0.25) is 4.79 Å². The number of hydrogen-bond acceptors (Lipinski definition) is 5. The largest absolute Gasteiger partial charge is 0.481 e. The molecule has 2 atom stereocenters. The van der Waals surface area contributed by atoms with Gasteiger partial charge in [0.25, 0.3) is 0 Å². The monoisotopic (exact) mass is 467 g/mol. The molecular weight excluding hydrogens is 437 g/mol. The van der Waals surface area contributed by atoms with Crippen molar-refractivity contribution in [2.24, 2.45) is 0 Å². The first kappa shape index (κ1) is 25.8. The van der Waals surface area contributed by atoms with Crippen molar-refractivity contribution in [2.45, 2.75) is 58.7 Å². The van der Waals surface area contributed by atoms with Crippen molar-refractivity contribution in [3.05, 3.63) is 53.1 Å². The molecule has 0 saturated carbocycles. The van der Waals surface area contributed by atoms with Gasteiger partial charge in [-0.05, 0) is 37.5 Å². The average Bonchev–Trinajstić information content (AvgIpc) is 2.99. The van der Waals surface area contributed by atoms with Crippen LogP contribution < -0.4 is 0 Å². The summed E-state index contributed by atoms with van der Waals surface area (Å²) < 4.78 is 40.7. The Morgan fingerprint density at radius 3 is 2.28 bits per heavy atom. The molecule has 0 fully saturated rings. The number of carbonyl (C=O) groups is 1. The number of carboxylic acids is 1. The number of hydrogen-bond donors (Lipinski definition) is 3. The second kappa shape index (κ2) is 10.4. The zero-order chi connectivity index (χ0) is 24.2. The second-order valence-electron chi connectivity index (χ2n) is 8.00. The third-order valence-electron chi connectivity index (χ3n) is 5.16. The van der Waals surface area contributed by atoms with Gasteiger partial charge in [0.1, 0.15) is 5.82 Å². The zero-order valence-corrected chi connectivity index (χ0v) is 19.4. The number of halogens is 1. The molecule has 0 unspecified atom stereocenters. The molecule has 0 aliphatic rings. The Kier molecular flexibility index (Phi) is 8.39. The predicted molar refractivity (Wildman–Crippen MR) is 121 cm³/mol. The third kappa shape index (κ3) is 5.85. The van der Waals surface area contributed by atoms with E-state index in [0.717, 1.165) is 0 Å². The molecule has 0 saturated heterocycles. The lowest BCUT2D eigenvalue weighted by molar-refractivity contribution is -0.139. The van der Waals surface area contributed by atoms with Gasteiger partial charge in [0.2, 0.25) is 10.0 Å². The fraction of sp³-hybridized carbons (Fsp3) is 0.435. The normalized spacial score (nSPS) is 14.2. The summed E-state index contributed by atoms with van der Waals surface area (Å²) in [5.41, 5.74) is 2.78. The minimum absolute atomic E-state index is 0.113. The van der Waals surface area contributed by atoms with Crippen LogP contribution in [0.2, 0.25) is 0 Å². The van der Waals surface area contributed by atoms with Gasteiger partial charge < -0.3 is 15.3 Å². The number of aliphatic hydroxyl groups excluding tert-OH is 2. The van der Waals surface area contributed by atoms with E-state index in [9.17, 15) is 27.8 Å². The first-order valence-electron chi connectivity index (χ1n) is 10.4. The van der Waals surface area contributed by atoms with Crippen LogP contribution in [0.5, 0.6) is 0 Å². The van der Waals surface area contributed by atoms with E-state index in [-0.39, 0.29) is 18.1 Å². The summed E-state index contributed by atoms with van der Waals surface area (Å²) >= 11 is 0. The molecule has 2 aromatic rings. The van der Waals surface area contributed by atoms with Gasteiger partial charge in [-0.2, -0.15) is 0 Å². The van der Waals surface area contributed by atoms with Crippen LogP contribution in [0.4, 0.5) is 4.39 Å². The minimum atomic E-state index is -3.65. The molecule has 2 rings (SSSR count). The molecule has 0 aliphatic carbocycles. The first-order chi connectivity index (χ1) is 14.9. The van der Waals surface area contributed by atoms with E-state index in [0.29, 0.717) is 28.1 Å². The quantitative estimate of drug-likeness (QED) is 0.492. The van der Waals surface area contributed by atoms with E-state index in [2.05, 4.69) is 0 Å². The summed E-state index contributed by atoms with van der Waals surface area (Å²) in [6.45, 7) is 6.95. The predicted octanol–water partition coefficient (Wildman–Crippen LogP) is 3.52. The van der Waals surface area contributed by atoms with Gasteiger partial charge in [0.05, 0.1) is 24.4 Å². The second-order valence-corrected chi connectivity index (χ2v) is 10.1. The van der Waals surface area contributed by atoms with Crippen LogP contribution in [0.1, 0.15) is 56.5 Å². The molecule has 0 radical (unpaired) electrons. The number of benzene rings is 1. The number of carboxylic acid groups (broad SMARTS) is 1. The van der Waals surface area contributed by atoms with Crippen molar-refractivity contribution in [1.82, 2.24) is 3.97 Å². The van der Waals surface area contributed by atoms with Gasteiger partial charge in [-0.25, -0.2) is 16.8 Å². The molecule has 9 heteroatoms. The highest BCUT2D eigenvalue weighted by atomic mass is 32.2. The Bertz CT molecular complexity index is 1090. The molecule has 1 aromatic carbocycles. The molecule has 0 spiro atoms. The van der Waals surface area contributed by atoms with Crippen LogP contribution >= 0.6 is 0 Å². The van der Waals surface area contributed by atoms with Crippen molar-refractivity contribution < 1.29 is 32.9 Å². The standard InChI is InChI=1S/C23H30FNO6S/c1-5-32(30,31)25-15(4)22(16-6-8-17(24)9-7-16)20(23(25)14(2)3)11-10-18(26)12-19(27)13-21(28)29/h6-11,14,18-19,26-27H,5,12-13H2,1-4H3,(H,28,29)/b11-10+/t18-,19-/m1/s1. The van der Waals surface area contributed by atoms with Crippen LogP contribution in [0.25, 0.3) is 17.2 Å². The third-order valence-corrected chi connectivity index (χ3v) is 6.92. The van der Waals surface area contributed by atoms with Gasteiger partial charge in [0, 0.05) is 28.9 Å². The molecule has 3 N–H and O–H groups in total. The maximum Gasteiger partial charge on any atom is 0.305 e. The summed E-state index contributed by atoms with van der Waals surface area (Å²) in [4.78, 5) is 10.7. The van der Waals surface area contributed by atoms with E-state index in [4.69, 9.17) is 5.11 Å². The maximum atomic E-state index is 13.5.